The molecule has 0 spiro atoms. The van der Waals surface area contributed by atoms with Crippen LogP contribution in [0.15, 0.2) is 35.2 Å². The fourth-order valence-electron chi connectivity index (χ4n) is 5.29. The number of esters is 1. The Bertz CT molecular complexity index is 1230. The molecule has 182 valence electrons. The zero-order chi connectivity index (χ0) is 24.0. The van der Waals surface area contributed by atoms with Crippen LogP contribution in [0.2, 0.25) is 0 Å². The molecule has 3 atom stereocenters. The topological polar surface area (TPSA) is 84.9 Å². The number of nitrogens with zero attached hydrogens (tertiary/aromatic N) is 1. The number of benzene rings is 2. The number of rotatable bonds is 7. The predicted octanol–water partition coefficient (Wildman–Crippen LogP) is 3.79. The molecule has 1 aliphatic carbocycles. The Hall–Kier alpha value is -2.65. The molecule has 9 heteroatoms. The average Bonchev–Trinajstić information content (AvgIpc) is 3.48. The minimum Gasteiger partial charge on any atom is -0.492 e. The molecule has 2 aliphatic heterocycles. The molecule has 1 saturated heterocycles. The number of halogens is 1. The van der Waals surface area contributed by atoms with Crippen molar-refractivity contribution < 1.29 is 27.1 Å². The minimum atomic E-state index is -4.11. The zero-order valence-corrected chi connectivity index (χ0v) is 20.2. The summed E-state index contributed by atoms with van der Waals surface area (Å²) in [5.74, 6) is 0.271. The first-order valence-corrected chi connectivity index (χ1v) is 13.2. The first kappa shape index (κ1) is 23.1. The van der Waals surface area contributed by atoms with Crippen molar-refractivity contribution in [2.24, 2.45) is 11.8 Å². The van der Waals surface area contributed by atoms with E-state index < -0.39 is 21.8 Å². The van der Waals surface area contributed by atoms with Crippen LogP contribution in [0.3, 0.4) is 0 Å². The summed E-state index contributed by atoms with van der Waals surface area (Å²) in [4.78, 5) is 15.0. The van der Waals surface area contributed by atoms with E-state index in [1.165, 1.54) is 19.2 Å². The van der Waals surface area contributed by atoms with Gasteiger partial charge in [0, 0.05) is 12.5 Å². The SMILES string of the molecule is CCN1CC[C@@H](Cc2cc(F)ccc2S(=O)(=O)Nc2ccc3c(c2C(=O)OC)OCC2CC32)C1. The first-order valence-electron chi connectivity index (χ1n) is 11.7. The average molecular weight is 489 g/mol. The molecule has 3 aliphatic rings. The maximum absolute atomic E-state index is 14.1. The lowest BCUT2D eigenvalue weighted by atomic mass is 9.98. The number of methoxy groups -OCH3 is 1. The molecule has 7 nitrogen and oxygen atoms in total. The monoisotopic (exact) mass is 488 g/mol. The van der Waals surface area contributed by atoms with Crippen molar-refractivity contribution in [3.63, 3.8) is 0 Å². The number of anilines is 1. The van der Waals surface area contributed by atoms with Gasteiger partial charge in [-0.05, 0) is 79.6 Å². The predicted molar refractivity (Wildman–Crippen MR) is 125 cm³/mol. The Kier molecular flexibility index (Phi) is 6.02. The Balaban J connectivity index is 1.48. The molecule has 0 radical (unpaired) electrons. The highest BCUT2D eigenvalue weighted by atomic mass is 32.2. The van der Waals surface area contributed by atoms with Crippen LogP contribution in [0.5, 0.6) is 5.75 Å². The Labute approximate surface area is 199 Å². The lowest BCUT2D eigenvalue weighted by Gasteiger charge is -2.22. The molecule has 2 heterocycles. The van der Waals surface area contributed by atoms with E-state index in [1.54, 1.807) is 6.07 Å². The number of ether oxygens (including phenoxy) is 2. The molecule has 1 N–H and O–H groups in total. The number of likely N-dealkylation sites (tertiary alicyclic amines) is 1. The summed E-state index contributed by atoms with van der Waals surface area (Å²) in [6.45, 7) is 5.34. The van der Waals surface area contributed by atoms with Gasteiger partial charge in [0.2, 0.25) is 0 Å². The number of hydrogen-bond acceptors (Lipinski definition) is 6. The summed E-state index contributed by atoms with van der Waals surface area (Å²) < 4.78 is 54.5. The largest absolute Gasteiger partial charge is 0.492 e. The summed E-state index contributed by atoms with van der Waals surface area (Å²) in [6, 6.07) is 7.14. The standard InChI is InChI=1S/C25H29FN2O5S/c1-3-28-9-8-15(13-28)10-16-11-18(26)4-7-22(16)34(30,31)27-21-6-5-19-20-12-17(20)14-33-24(19)23(21)25(29)32-2/h4-7,11,15,17,20,27H,3,8-10,12-14H2,1-2H3/t15-,17?,20?/m0/s1. The van der Waals surface area contributed by atoms with E-state index in [9.17, 15) is 17.6 Å². The van der Waals surface area contributed by atoms with Crippen LogP contribution in [0.4, 0.5) is 10.1 Å². The Morgan fingerprint density at radius 3 is 2.85 bits per heavy atom. The zero-order valence-electron chi connectivity index (χ0n) is 19.3. The van der Waals surface area contributed by atoms with Crippen LogP contribution in [0.1, 0.15) is 47.2 Å². The first-order chi connectivity index (χ1) is 16.3. The minimum absolute atomic E-state index is 0.0144. The highest BCUT2D eigenvalue weighted by Crippen LogP contribution is 2.55. The van der Waals surface area contributed by atoms with Crippen molar-refractivity contribution in [1.82, 2.24) is 4.90 Å². The molecule has 0 aromatic heterocycles. The van der Waals surface area contributed by atoms with E-state index in [4.69, 9.17) is 9.47 Å². The molecule has 34 heavy (non-hydrogen) atoms. The number of nitrogens with one attached hydrogen (secondary N) is 1. The van der Waals surface area contributed by atoms with Crippen LogP contribution in [-0.4, -0.2) is 52.6 Å². The molecular weight excluding hydrogens is 459 g/mol. The van der Waals surface area contributed by atoms with E-state index in [-0.39, 0.29) is 22.1 Å². The van der Waals surface area contributed by atoms with E-state index >= 15 is 0 Å². The van der Waals surface area contributed by atoms with Gasteiger partial charge in [0.15, 0.2) is 0 Å². The Morgan fingerprint density at radius 1 is 1.29 bits per heavy atom. The van der Waals surface area contributed by atoms with Crippen LogP contribution < -0.4 is 9.46 Å². The third kappa shape index (κ3) is 4.27. The molecule has 0 bridgehead atoms. The second-order valence-electron chi connectivity index (χ2n) is 9.42. The summed E-state index contributed by atoms with van der Waals surface area (Å²) in [5, 5.41) is 0. The van der Waals surface area contributed by atoms with Crippen LogP contribution >= 0.6 is 0 Å². The van der Waals surface area contributed by atoms with Gasteiger partial charge in [0.25, 0.3) is 10.0 Å². The van der Waals surface area contributed by atoms with Crippen molar-refractivity contribution in [1.29, 1.82) is 0 Å². The van der Waals surface area contributed by atoms with Gasteiger partial charge in [-0.1, -0.05) is 13.0 Å². The number of carbonyl (C=O) groups excluding carboxylic acids is 1. The van der Waals surface area contributed by atoms with Crippen molar-refractivity contribution in [2.75, 3.05) is 38.1 Å². The molecule has 2 aromatic rings. The summed E-state index contributed by atoms with van der Waals surface area (Å²) >= 11 is 0. The normalized spacial score (nSPS) is 23.6. The van der Waals surface area contributed by atoms with Gasteiger partial charge in [0.05, 0.1) is 24.3 Å². The summed E-state index contributed by atoms with van der Waals surface area (Å²) in [5.41, 5.74) is 1.51. The molecular formula is C25H29FN2O5S. The molecule has 2 unspecified atom stereocenters. The van der Waals surface area contributed by atoms with Gasteiger partial charge in [0.1, 0.15) is 17.1 Å². The number of sulfonamides is 1. The lowest BCUT2D eigenvalue weighted by Crippen LogP contribution is -2.22. The van der Waals surface area contributed by atoms with Gasteiger partial charge in [-0.2, -0.15) is 0 Å². The second-order valence-corrected chi connectivity index (χ2v) is 11.1. The van der Waals surface area contributed by atoms with Crippen molar-refractivity contribution in [2.45, 2.75) is 37.0 Å². The van der Waals surface area contributed by atoms with Crippen LogP contribution in [-0.2, 0) is 21.2 Å². The highest BCUT2D eigenvalue weighted by Gasteiger charge is 2.45. The number of fused-ring (bicyclic) bond motifs is 3. The van der Waals surface area contributed by atoms with Crippen LogP contribution in [0.25, 0.3) is 0 Å². The van der Waals surface area contributed by atoms with Crippen LogP contribution in [0, 0.1) is 17.7 Å². The van der Waals surface area contributed by atoms with E-state index in [2.05, 4.69) is 16.5 Å². The molecule has 0 amide bonds. The van der Waals surface area contributed by atoms with Crippen molar-refractivity contribution >= 4 is 21.7 Å². The number of carbonyl (C=O) groups is 1. The van der Waals surface area contributed by atoms with Gasteiger partial charge in [-0.15, -0.1) is 0 Å². The molecule has 1 saturated carbocycles. The number of hydrogen-bond donors (Lipinski definition) is 1. The van der Waals surface area contributed by atoms with E-state index in [1.807, 2.05) is 6.07 Å². The van der Waals surface area contributed by atoms with Gasteiger partial charge in [-0.25, -0.2) is 17.6 Å². The maximum Gasteiger partial charge on any atom is 0.343 e. The molecule has 5 rings (SSSR count). The third-order valence-corrected chi connectivity index (χ3v) is 8.69. The van der Waals surface area contributed by atoms with E-state index in [0.717, 1.165) is 44.1 Å². The lowest BCUT2D eigenvalue weighted by molar-refractivity contribution is 0.0596. The van der Waals surface area contributed by atoms with Gasteiger partial charge in [-0.3, -0.25) is 4.72 Å². The van der Waals surface area contributed by atoms with E-state index in [0.29, 0.717) is 36.2 Å². The smallest absolute Gasteiger partial charge is 0.343 e. The highest BCUT2D eigenvalue weighted by molar-refractivity contribution is 7.92. The van der Waals surface area contributed by atoms with Gasteiger partial charge >= 0.3 is 5.97 Å². The maximum atomic E-state index is 14.1. The summed E-state index contributed by atoms with van der Waals surface area (Å²) in [7, 11) is -2.86. The summed E-state index contributed by atoms with van der Waals surface area (Å²) in [6.07, 6.45) is 2.40. The van der Waals surface area contributed by atoms with Crippen molar-refractivity contribution in [3.05, 3.63) is 52.8 Å². The Morgan fingerprint density at radius 2 is 2.12 bits per heavy atom. The fourth-order valence-corrected chi connectivity index (χ4v) is 6.59. The van der Waals surface area contributed by atoms with Crippen molar-refractivity contribution in [3.8, 4) is 5.75 Å². The third-order valence-electron chi connectivity index (χ3n) is 7.22. The second kappa shape index (κ2) is 8.85. The fraction of sp³-hybridized carbons (Fsp3) is 0.480. The van der Waals surface area contributed by atoms with Gasteiger partial charge < -0.3 is 14.4 Å². The molecule has 2 aromatic carbocycles. The quantitative estimate of drug-likeness (QED) is 0.597. The molecule has 2 fully saturated rings.